The second kappa shape index (κ2) is 9.62. The van der Waals surface area contributed by atoms with Gasteiger partial charge in [0.2, 0.25) is 21.6 Å². The van der Waals surface area contributed by atoms with Crippen LogP contribution in [0.15, 0.2) is 57.9 Å². The standard InChI is InChI=1S/C21H21ClF2N4O3S/c22-17-5-3-16(4-6-17)20-25-19(31-26-20)14-28-11-9-27(10-12-28)13-15-1-7-18(8-2-15)32(29,30)21(23)24/h1-8,21H,9-14H2. The molecule has 0 radical (unpaired) electrons. The fourth-order valence-corrected chi connectivity index (χ4v) is 4.32. The third kappa shape index (κ3) is 5.32. The Hall–Kier alpha value is -2.40. The van der Waals surface area contributed by atoms with E-state index in [2.05, 4.69) is 19.9 Å². The molecule has 7 nitrogen and oxygen atoms in total. The molecule has 2 aromatic carbocycles. The number of sulfone groups is 1. The van der Waals surface area contributed by atoms with E-state index in [-0.39, 0.29) is 4.90 Å². The van der Waals surface area contributed by atoms with E-state index in [9.17, 15) is 17.2 Å². The van der Waals surface area contributed by atoms with Crippen LogP contribution in [0.4, 0.5) is 8.78 Å². The summed E-state index contributed by atoms with van der Waals surface area (Å²) >= 11 is 5.91. The van der Waals surface area contributed by atoms with E-state index >= 15 is 0 Å². The van der Waals surface area contributed by atoms with Crippen molar-refractivity contribution in [3.8, 4) is 11.4 Å². The largest absolute Gasteiger partial charge is 0.341 e. The van der Waals surface area contributed by atoms with Gasteiger partial charge in [-0.15, -0.1) is 0 Å². The van der Waals surface area contributed by atoms with E-state index in [0.717, 1.165) is 37.3 Å². The van der Waals surface area contributed by atoms with Gasteiger partial charge in [0, 0.05) is 43.3 Å². The van der Waals surface area contributed by atoms with Crippen molar-refractivity contribution in [2.45, 2.75) is 23.7 Å². The Morgan fingerprint density at radius 1 is 0.938 bits per heavy atom. The third-order valence-corrected chi connectivity index (χ3v) is 6.94. The predicted molar refractivity (Wildman–Crippen MR) is 115 cm³/mol. The average molecular weight is 483 g/mol. The number of halogens is 3. The molecular formula is C21H21ClF2N4O3S. The highest BCUT2D eigenvalue weighted by Gasteiger charge is 2.26. The summed E-state index contributed by atoms with van der Waals surface area (Å²) in [4.78, 5) is 8.53. The number of hydrogen-bond donors (Lipinski definition) is 0. The summed E-state index contributed by atoms with van der Waals surface area (Å²) in [7, 11) is -4.56. The van der Waals surface area contributed by atoms with E-state index < -0.39 is 15.6 Å². The number of benzene rings is 2. The average Bonchev–Trinajstić information content (AvgIpc) is 3.24. The van der Waals surface area contributed by atoms with Gasteiger partial charge in [0.25, 0.3) is 0 Å². The lowest BCUT2D eigenvalue weighted by Crippen LogP contribution is -2.45. The van der Waals surface area contributed by atoms with Crippen LogP contribution in [0.1, 0.15) is 11.5 Å². The molecule has 3 aromatic rings. The van der Waals surface area contributed by atoms with Crippen molar-refractivity contribution in [2.24, 2.45) is 0 Å². The first-order chi connectivity index (χ1) is 15.3. The van der Waals surface area contributed by atoms with Gasteiger partial charge in [0.05, 0.1) is 11.4 Å². The van der Waals surface area contributed by atoms with Gasteiger partial charge in [0.15, 0.2) is 0 Å². The Kier molecular flexibility index (Phi) is 6.85. The van der Waals surface area contributed by atoms with Crippen LogP contribution in [-0.2, 0) is 22.9 Å². The Balaban J connectivity index is 1.28. The van der Waals surface area contributed by atoms with Gasteiger partial charge in [-0.1, -0.05) is 28.9 Å². The minimum absolute atomic E-state index is 0.362. The van der Waals surface area contributed by atoms with Gasteiger partial charge >= 0.3 is 5.76 Å². The molecule has 1 fully saturated rings. The van der Waals surface area contributed by atoms with Crippen LogP contribution >= 0.6 is 11.6 Å². The molecule has 1 aliphatic heterocycles. The Morgan fingerprint density at radius 3 is 2.12 bits per heavy atom. The zero-order valence-corrected chi connectivity index (χ0v) is 18.6. The lowest BCUT2D eigenvalue weighted by Gasteiger charge is -2.33. The van der Waals surface area contributed by atoms with Crippen LogP contribution in [-0.4, -0.2) is 60.3 Å². The Labute approximate surface area is 189 Å². The summed E-state index contributed by atoms with van der Waals surface area (Å²) in [5, 5.41) is 4.67. The second-order valence-corrected chi connectivity index (χ2v) is 9.87. The van der Waals surface area contributed by atoms with Gasteiger partial charge in [-0.3, -0.25) is 9.80 Å². The molecule has 0 amide bonds. The van der Waals surface area contributed by atoms with Gasteiger partial charge in [0.1, 0.15) is 0 Å². The highest BCUT2D eigenvalue weighted by molar-refractivity contribution is 7.91. The van der Waals surface area contributed by atoms with Crippen LogP contribution in [0.3, 0.4) is 0 Å². The van der Waals surface area contributed by atoms with Crippen molar-refractivity contribution in [1.29, 1.82) is 0 Å². The van der Waals surface area contributed by atoms with Crippen LogP contribution in [0.25, 0.3) is 11.4 Å². The number of piperazine rings is 1. The molecule has 2 heterocycles. The summed E-state index contributed by atoms with van der Waals surface area (Å²) in [6.45, 7) is 4.37. The van der Waals surface area contributed by atoms with Crippen molar-refractivity contribution < 1.29 is 21.7 Å². The molecule has 1 saturated heterocycles. The minimum Gasteiger partial charge on any atom is -0.338 e. The van der Waals surface area contributed by atoms with Crippen molar-refractivity contribution in [3.05, 3.63) is 65.0 Å². The van der Waals surface area contributed by atoms with Gasteiger partial charge in [-0.25, -0.2) is 8.42 Å². The molecule has 0 bridgehead atoms. The molecule has 0 saturated carbocycles. The first-order valence-corrected chi connectivity index (χ1v) is 11.9. The van der Waals surface area contributed by atoms with Crippen LogP contribution in [0, 0.1) is 0 Å². The molecular weight excluding hydrogens is 462 g/mol. The summed E-state index contributed by atoms with van der Waals surface area (Å²) in [5.41, 5.74) is 1.71. The number of hydrogen-bond acceptors (Lipinski definition) is 7. The van der Waals surface area contributed by atoms with Crippen LogP contribution in [0.5, 0.6) is 0 Å². The summed E-state index contributed by atoms with van der Waals surface area (Å²) < 4.78 is 53.7. The van der Waals surface area contributed by atoms with Crippen molar-refractivity contribution in [2.75, 3.05) is 26.2 Å². The number of nitrogens with zero attached hydrogens (tertiary/aromatic N) is 4. The Morgan fingerprint density at radius 2 is 1.53 bits per heavy atom. The zero-order valence-electron chi connectivity index (χ0n) is 17.0. The number of aromatic nitrogens is 2. The molecule has 0 spiro atoms. The van der Waals surface area contributed by atoms with E-state index in [1.165, 1.54) is 12.1 Å². The summed E-state index contributed by atoms with van der Waals surface area (Å²) in [6.07, 6.45) is 0. The maximum Gasteiger partial charge on any atom is 0.341 e. The SMILES string of the molecule is O=S(=O)(c1ccc(CN2CCN(Cc3nc(-c4ccc(Cl)cc4)no3)CC2)cc1)C(F)F. The maximum absolute atomic E-state index is 12.6. The zero-order chi connectivity index (χ0) is 22.7. The van der Waals surface area contributed by atoms with Gasteiger partial charge in [-0.05, 0) is 42.0 Å². The molecule has 0 aliphatic carbocycles. The molecule has 0 N–H and O–H groups in total. The summed E-state index contributed by atoms with van der Waals surface area (Å²) in [5.74, 6) is -2.35. The predicted octanol–water partition coefficient (Wildman–Crippen LogP) is 3.70. The lowest BCUT2D eigenvalue weighted by atomic mass is 10.2. The second-order valence-electron chi connectivity index (χ2n) is 7.52. The normalized spacial score (nSPS) is 16.0. The van der Waals surface area contributed by atoms with Crippen molar-refractivity contribution >= 4 is 21.4 Å². The van der Waals surface area contributed by atoms with Crippen LogP contribution in [0.2, 0.25) is 5.02 Å². The molecule has 1 aromatic heterocycles. The first-order valence-electron chi connectivity index (χ1n) is 9.95. The number of alkyl halides is 2. The molecule has 0 atom stereocenters. The Bertz CT molecular complexity index is 1150. The molecule has 0 unspecified atom stereocenters. The first kappa shape index (κ1) is 22.8. The fourth-order valence-electron chi connectivity index (χ4n) is 3.48. The summed E-state index contributed by atoms with van der Waals surface area (Å²) in [6, 6.07) is 12.9. The van der Waals surface area contributed by atoms with Crippen LogP contribution < -0.4 is 0 Å². The van der Waals surface area contributed by atoms with Crippen molar-refractivity contribution in [3.63, 3.8) is 0 Å². The van der Waals surface area contributed by atoms with Gasteiger partial charge in [-0.2, -0.15) is 13.8 Å². The van der Waals surface area contributed by atoms with E-state index in [4.69, 9.17) is 16.1 Å². The third-order valence-electron chi connectivity index (χ3n) is 5.29. The quantitative estimate of drug-likeness (QED) is 0.508. The van der Waals surface area contributed by atoms with E-state index in [1.54, 1.807) is 24.3 Å². The lowest BCUT2D eigenvalue weighted by molar-refractivity contribution is 0.112. The molecule has 1 aliphatic rings. The van der Waals surface area contributed by atoms with E-state index in [0.29, 0.717) is 29.8 Å². The van der Waals surface area contributed by atoms with Gasteiger partial charge < -0.3 is 4.52 Å². The smallest absolute Gasteiger partial charge is 0.338 e. The molecule has 11 heteroatoms. The maximum atomic E-state index is 12.6. The highest BCUT2D eigenvalue weighted by Crippen LogP contribution is 2.21. The highest BCUT2D eigenvalue weighted by atomic mass is 35.5. The monoisotopic (exact) mass is 482 g/mol. The fraction of sp³-hybridized carbons (Fsp3) is 0.333. The van der Waals surface area contributed by atoms with E-state index in [1.807, 2.05) is 12.1 Å². The molecule has 170 valence electrons. The molecule has 32 heavy (non-hydrogen) atoms. The van der Waals surface area contributed by atoms with Crippen molar-refractivity contribution in [1.82, 2.24) is 19.9 Å². The number of rotatable bonds is 7. The topological polar surface area (TPSA) is 79.5 Å². The molecule has 4 rings (SSSR count). The minimum atomic E-state index is -4.56.